The van der Waals surface area contributed by atoms with Gasteiger partial charge >= 0.3 is 0 Å². The van der Waals surface area contributed by atoms with Crippen LogP contribution >= 0.6 is 0 Å². The number of hydrogen-bond donors (Lipinski definition) is 2. The molecular formula is C24H24FN5O3. The summed E-state index contributed by atoms with van der Waals surface area (Å²) in [5.74, 6) is -0.441. The molecule has 0 radical (unpaired) electrons. The number of halogens is 1. The smallest absolute Gasteiger partial charge is 0.270 e. The zero-order valence-corrected chi connectivity index (χ0v) is 18.2. The number of benzene rings is 2. The van der Waals surface area contributed by atoms with E-state index in [0.29, 0.717) is 23.0 Å². The molecule has 0 fully saturated rings. The van der Waals surface area contributed by atoms with E-state index in [-0.39, 0.29) is 17.4 Å². The summed E-state index contributed by atoms with van der Waals surface area (Å²) in [6.07, 6.45) is 5.14. The summed E-state index contributed by atoms with van der Waals surface area (Å²) in [5, 5.41) is 18.9. The quantitative estimate of drug-likeness (QED) is 0.211. The highest BCUT2D eigenvalue weighted by molar-refractivity contribution is 6.07. The van der Waals surface area contributed by atoms with Gasteiger partial charge in [-0.25, -0.2) is 4.39 Å². The number of rotatable bonds is 9. The number of nitro benzene ring substituents is 1. The Bertz CT molecular complexity index is 1280. The number of aromatic amines is 2. The van der Waals surface area contributed by atoms with Gasteiger partial charge in [-0.05, 0) is 55.7 Å². The van der Waals surface area contributed by atoms with Crippen LogP contribution in [-0.2, 0) is 6.42 Å². The van der Waals surface area contributed by atoms with E-state index in [0.717, 1.165) is 42.6 Å². The van der Waals surface area contributed by atoms with Crippen molar-refractivity contribution < 1.29 is 14.1 Å². The van der Waals surface area contributed by atoms with Crippen LogP contribution in [0.4, 0.5) is 10.1 Å². The van der Waals surface area contributed by atoms with E-state index < -0.39 is 4.92 Å². The number of nitrogens with zero attached hydrogens (tertiary/aromatic N) is 3. The van der Waals surface area contributed by atoms with Gasteiger partial charge in [-0.2, -0.15) is 5.10 Å². The van der Waals surface area contributed by atoms with Crippen molar-refractivity contribution in [2.45, 2.75) is 25.7 Å². The fourth-order valence-corrected chi connectivity index (χ4v) is 3.81. The number of carbonyl (C=O) groups is 1. The summed E-state index contributed by atoms with van der Waals surface area (Å²) in [6, 6.07) is 12.7. The second kappa shape index (κ2) is 9.64. The van der Waals surface area contributed by atoms with Crippen molar-refractivity contribution in [1.82, 2.24) is 20.1 Å². The number of amides is 1. The molecule has 2 aromatic heterocycles. The normalized spacial score (nSPS) is 11.1. The molecule has 170 valence electrons. The van der Waals surface area contributed by atoms with Crippen molar-refractivity contribution in [3.63, 3.8) is 0 Å². The van der Waals surface area contributed by atoms with Crippen molar-refractivity contribution in [3.05, 3.63) is 81.9 Å². The average molecular weight is 449 g/mol. The predicted molar refractivity (Wildman–Crippen MR) is 123 cm³/mol. The first-order valence-corrected chi connectivity index (χ1v) is 10.7. The van der Waals surface area contributed by atoms with Gasteiger partial charge in [0, 0.05) is 54.1 Å². The van der Waals surface area contributed by atoms with Crippen LogP contribution in [0.3, 0.4) is 0 Å². The lowest BCUT2D eigenvalue weighted by atomic mass is 10.1. The summed E-state index contributed by atoms with van der Waals surface area (Å²) in [5.41, 5.74) is 3.74. The van der Waals surface area contributed by atoms with Crippen molar-refractivity contribution in [3.8, 4) is 11.3 Å². The van der Waals surface area contributed by atoms with E-state index in [4.69, 9.17) is 0 Å². The third-order valence-corrected chi connectivity index (χ3v) is 5.66. The minimum atomic E-state index is -0.466. The molecule has 4 aromatic rings. The van der Waals surface area contributed by atoms with Crippen LogP contribution in [0, 0.1) is 15.9 Å². The molecule has 0 atom stereocenters. The first-order valence-electron chi connectivity index (χ1n) is 10.7. The second-order valence-electron chi connectivity index (χ2n) is 8.01. The molecule has 0 spiro atoms. The van der Waals surface area contributed by atoms with Crippen molar-refractivity contribution in [2.24, 2.45) is 0 Å². The Morgan fingerprint density at radius 1 is 1.12 bits per heavy atom. The zero-order chi connectivity index (χ0) is 23.4. The van der Waals surface area contributed by atoms with Gasteiger partial charge in [0.05, 0.1) is 16.2 Å². The summed E-state index contributed by atoms with van der Waals surface area (Å²) in [6.45, 7) is 0.588. The third-order valence-electron chi connectivity index (χ3n) is 5.66. The van der Waals surface area contributed by atoms with E-state index in [1.54, 1.807) is 36.3 Å². The number of hydrogen-bond acceptors (Lipinski definition) is 4. The monoisotopic (exact) mass is 449 g/mol. The average Bonchev–Trinajstić information content (AvgIpc) is 3.45. The fourth-order valence-electron chi connectivity index (χ4n) is 3.81. The van der Waals surface area contributed by atoms with Gasteiger partial charge in [0.2, 0.25) is 0 Å². The van der Waals surface area contributed by atoms with Crippen LogP contribution in [0.15, 0.2) is 54.7 Å². The van der Waals surface area contributed by atoms with Crippen LogP contribution in [0.5, 0.6) is 0 Å². The molecule has 8 nitrogen and oxygen atoms in total. The highest BCUT2D eigenvalue weighted by atomic mass is 19.1. The number of aryl methyl sites for hydroxylation is 1. The zero-order valence-electron chi connectivity index (χ0n) is 18.2. The molecule has 0 aliphatic rings. The maximum Gasteiger partial charge on any atom is 0.270 e. The number of nitrogens with one attached hydrogen (secondary N) is 2. The number of carbonyl (C=O) groups excluding carboxylic acids is 1. The van der Waals surface area contributed by atoms with Gasteiger partial charge < -0.3 is 9.88 Å². The van der Waals surface area contributed by atoms with E-state index in [1.807, 2.05) is 6.07 Å². The summed E-state index contributed by atoms with van der Waals surface area (Å²) >= 11 is 0. The molecular weight excluding hydrogens is 425 g/mol. The molecule has 2 aromatic carbocycles. The fraction of sp³-hybridized carbons (Fsp3) is 0.250. The van der Waals surface area contributed by atoms with E-state index in [1.165, 1.54) is 24.3 Å². The van der Waals surface area contributed by atoms with Crippen molar-refractivity contribution in [1.29, 1.82) is 0 Å². The van der Waals surface area contributed by atoms with Crippen LogP contribution in [0.1, 0.15) is 35.3 Å². The number of aromatic nitrogens is 3. The van der Waals surface area contributed by atoms with E-state index in [9.17, 15) is 19.3 Å². The van der Waals surface area contributed by atoms with Gasteiger partial charge in [-0.15, -0.1) is 0 Å². The standard InChI is InChI=1S/C24H24FN5O3/c1-29(24(31)21-15-26-22-11-10-19(30(32)33)14-20(21)22)12-4-2-3-5-18-13-23(28-27-18)16-6-8-17(25)9-7-16/h6-11,13-15,26H,2-5,12H2,1H3,(H,27,28). The molecule has 0 aliphatic carbocycles. The minimum absolute atomic E-state index is 0.0415. The molecule has 2 N–H and O–H groups in total. The van der Waals surface area contributed by atoms with Crippen LogP contribution < -0.4 is 0 Å². The summed E-state index contributed by atoms with van der Waals surface area (Å²) in [7, 11) is 1.74. The SMILES string of the molecule is CN(CCCCCc1cc(-c2ccc(F)cc2)n[nH]1)C(=O)c1c[nH]c2ccc([N+](=O)[O-])cc12. The molecule has 0 aliphatic heterocycles. The Hall–Kier alpha value is -4.01. The Morgan fingerprint density at radius 3 is 2.67 bits per heavy atom. The molecule has 0 saturated heterocycles. The van der Waals surface area contributed by atoms with Gasteiger partial charge in [0.1, 0.15) is 5.82 Å². The summed E-state index contributed by atoms with van der Waals surface area (Å²) in [4.78, 5) is 28.1. The molecule has 2 heterocycles. The van der Waals surface area contributed by atoms with E-state index >= 15 is 0 Å². The van der Waals surface area contributed by atoms with Crippen molar-refractivity contribution >= 4 is 22.5 Å². The maximum absolute atomic E-state index is 13.1. The summed E-state index contributed by atoms with van der Waals surface area (Å²) < 4.78 is 13.1. The molecule has 9 heteroatoms. The molecule has 0 unspecified atom stereocenters. The number of non-ortho nitro benzene ring substituents is 1. The Labute approximate surface area is 189 Å². The first-order chi connectivity index (χ1) is 15.9. The van der Waals surface area contributed by atoms with Gasteiger partial charge in [0.15, 0.2) is 0 Å². The highest BCUT2D eigenvalue weighted by Gasteiger charge is 2.18. The number of fused-ring (bicyclic) bond motifs is 1. The molecule has 4 rings (SSSR count). The lowest BCUT2D eigenvalue weighted by Crippen LogP contribution is -2.27. The van der Waals surface area contributed by atoms with Crippen LogP contribution in [0.2, 0.25) is 0 Å². The Morgan fingerprint density at radius 2 is 1.91 bits per heavy atom. The van der Waals surface area contributed by atoms with Crippen LogP contribution in [-0.4, -0.2) is 44.5 Å². The Balaban J connectivity index is 1.26. The highest BCUT2D eigenvalue weighted by Crippen LogP contribution is 2.25. The van der Waals surface area contributed by atoms with Crippen LogP contribution in [0.25, 0.3) is 22.2 Å². The number of nitro groups is 1. The lowest BCUT2D eigenvalue weighted by Gasteiger charge is -2.16. The maximum atomic E-state index is 13.1. The largest absolute Gasteiger partial charge is 0.360 e. The second-order valence-corrected chi connectivity index (χ2v) is 8.01. The minimum Gasteiger partial charge on any atom is -0.360 e. The molecule has 1 amide bonds. The molecule has 0 saturated carbocycles. The molecule has 0 bridgehead atoms. The Kier molecular flexibility index (Phi) is 6.48. The van der Waals surface area contributed by atoms with E-state index in [2.05, 4.69) is 15.2 Å². The number of H-pyrrole nitrogens is 2. The molecule has 33 heavy (non-hydrogen) atoms. The van der Waals surface area contributed by atoms with Gasteiger partial charge in [0.25, 0.3) is 11.6 Å². The van der Waals surface area contributed by atoms with Gasteiger partial charge in [-0.3, -0.25) is 20.0 Å². The predicted octanol–water partition coefficient (Wildman–Crippen LogP) is 5.09. The number of unbranched alkanes of at least 4 members (excludes halogenated alkanes) is 2. The first kappa shape index (κ1) is 22.2. The van der Waals surface area contributed by atoms with Crippen molar-refractivity contribution in [2.75, 3.05) is 13.6 Å². The van der Waals surface area contributed by atoms with Gasteiger partial charge in [-0.1, -0.05) is 6.42 Å². The third kappa shape index (κ3) is 5.08. The lowest BCUT2D eigenvalue weighted by molar-refractivity contribution is -0.384. The topological polar surface area (TPSA) is 108 Å².